The Morgan fingerprint density at radius 2 is 2.00 bits per heavy atom. The SMILES string of the molecule is CC1CCCC(C(C)C(=O)c2ccc(F)cc2)N1. The number of piperidine rings is 1. The molecule has 1 aliphatic heterocycles. The predicted octanol–water partition coefficient (Wildman–Crippen LogP) is 3.18. The molecule has 1 heterocycles. The minimum Gasteiger partial charge on any atom is -0.311 e. The van der Waals surface area contributed by atoms with E-state index in [1.807, 2.05) is 6.92 Å². The third-order valence-corrected chi connectivity index (χ3v) is 3.80. The summed E-state index contributed by atoms with van der Waals surface area (Å²) in [5.74, 6) is -0.261. The van der Waals surface area contributed by atoms with Gasteiger partial charge in [0.05, 0.1) is 0 Å². The number of carbonyl (C=O) groups excluding carboxylic acids is 1. The molecule has 2 nitrogen and oxygen atoms in total. The lowest BCUT2D eigenvalue weighted by Crippen LogP contribution is -2.46. The molecule has 1 fully saturated rings. The third-order valence-electron chi connectivity index (χ3n) is 3.80. The summed E-state index contributed by atoms with van der Waals surface area (Å²) in [5, 5.41) is 3.48. The van der Waals surface area contributed by atoms with Crippen molar-refractivity contribution in [3.63, 3.8) is 0 Å². The van der Waals surface area contributed by atoms with Crippen molar-refractivity contribution in [2.24, 2.45) is 5.92 Å². The van der Waals surface area contributed by atoms with E-state index in [1.54, 1.807) is 12.1 Å². The van der Waals surface area contributed by atoms with Crippen LogP contribution in [0.1, 0.15) is 43.5 Å². The van der Waals surface area contributed by atoms with Crippen LogP contribution in [0.4, 0.5) is 4.39 Å². The van der Waals surface area contributed by atoms with Crippen LogP contribution in [-0.4, -0.2) is 17.9 Å². The van der Waals surface area contributed by atoms with Gasteiger partial charge in [0, 0.05) is 23.6 Å². The number of carbonyl (C=O) groups is 1. The third kappa shape index (κ3) is 2.96. The molecule has 1 aliphatic rings. The molecule has 0 spiro atoms. The highest BCUT2D eigenvalue weighted by Crippen LogP contribution is 2.21. The van der Waals surface area contributed by atoms with Gasteiger partial charge in [-0.1, -0.05) is 13.3 Å². The van der Waals surface area contributed by atoms with Gasteiger partial charge in [-0.15, -0.1) is 0 Å². The maximum atomic E-state index is 12.8. The maximum absolute atomic E-state index is 12.8. The zero-order valence-electron chi connectivity index (χ0n) is 10.9. The first kappa shape index (κ1) is 13.2. The van der Waals surface area contributed by atoms with E-state index >= 15 is 0 Å². The van der Waals surface area contributed by atoms with Crippen LogP contribution in [0.5, 0.6) is 0 Å². The Hall–Kier alpha value is -1.22. The Balaban J connectivity index is 2.06. The predicted molar refractivity (Wildman–Crippen MR) is 70.1 cm³/mol. The molecule has 0 bridgehead atoms. The second-order valence-corrected chi connectivity index (χ2v) is 5.26. The molecular formula is C15H20FNO. The second kappa shape index (κ2) is 5.61. The van der Waals surface area contributed by atoms with Gasteiger partial charge in [-0.25, -0.2) is 4.39 Å². The lowest BCUT2D eigenvalue weighted by Gasteiger charge is -2.32. The average molecular weight is 249 g/mol. The fraction of sp³-hybridized carbons (Fsp3) is 0.533. The lowest BCUT2D eigenvalue weighted by atomic mass is 9.86. The van der Waals surface area contributed by atoms with Crippen molar-refractivity contribution in [2.75, 3.05) is 0 Å². The molecular weight excluding hydrogens is 229 g/mol. The molecule has 0 saturated carbocycles. The highest BCUT2D eigenvalue weighted by atomic mass is 19.1. The first-order valence-electron chi connectivity index (χ1n) is 6.64. The number of hydrogen-bond donors (Lipinski definition) is 1. The molecule has 3 unspecified atom stereocenters. The fourth-order valence-electron chi connectivity index (χ4n) is 2.63. The molecule has 1 aromatic rings. The number of Topliss-reactive ketones (excluding diaryl/α,β-unsaturated/α-hetero) is 1. The highest BCUT2D eigenvalue weighted by Gasteiger charge is 2.28. The summed E-state index contributed by atoms with van der Waals surface area (Å²) in [6.07, 6.45) is 3.38. The Morgan fingerprint density at radius 1 is 1.33 bits per heavy atom. The summed E-state index contributed by atoms with van der Waals surface area (Å²) < 4.78 is 12.8. The van der Waals surface area contributed by atoms with Gasteiger partial charge in [-0.3, -0.25) is 4.79 Å². The van der Waals surface area contributed by atoms with Gasteiger partial charge >= 0.3 is 0 Å². The Kier molecular flexibility index (Phi) is 4.12. The quantitative estimate of drug-likeness (QED) is 0.834. The first-order chi connectivity index (χ1) is 8.58. The largest absolute Gasteiger partial charge is 0.311 e. The Bertz CT molecular complexity index is 415. The van der Waals surface area contributed by atoms with Crippen LogP contribution >= 0.6 is 0 Å². The molecule has 1 aromatic carbocycles. The van der Waals surface area contributed by atoms with Gasteiger partial charge in [0.25, 0.3) is 0 Å². The van der Waals surface area contributed by atoms with Crippen LogP contribution in [0.3, 0.4) is 0 Å². The minimum absolute atomic E-state index is 0.0572. The standard InChI is InChI=1S/C15H20FNO/c1-10-4-3-5-14(17-10)11(2)15(18)12-6-8-13(16)9-7-12/h6-11,14,17H,3-5H2,1-2H3. The number of hydrogen-bond acceptors (Lipinski definition) is 2. The van der Waals surface area contributed by atoms with Crippen LogP contribution in [0.25, 0.3) is 0 Å². The van der Waals surface area contributed by atoms with Crippen molar-refractivity contribution >= 4 is 5.78 Å². The van der Waals surface area contributed by atoms with Crippen molar-refractivity contribution < 1.29 is 9.18 Å². The van der Waals surface area contributed by atoms with Crippen LogP contribution in [-0.2, 0) is 0 Å². The molecule has 0 radical (unpaired) electrons. The highest BCUT2D eigenvalue weighted by molar-refractivity contribution is 5.98. The summed E-state index contributed by atoms with van der Waals surface area (Å²) in [6, 6.07) is 6.55. The Labute approximate surface area is 108 Å². The monoisotopic (exact) mass is 249 g/mol. The smallest absolute Gasteiger partial charge is 0.167 e. The summed E-state index contributed by atoms with van der Waals surface area (Å²) in [5.41, 5.74) is 0.601. The number of halogens is 1. The van der Waals surface area contributed by atoms with Crippen molar-refractivity contribution in [1.29, 1.82) is 0 Å². The molecule has 0 amide bonds. The zero-order valence-corrected chi connectivity index (χ0v) is 10.9. The summed E-state index contributed by atoms with van der Waals surface area (Å²) >= 11 is 0. The van der Waals surface area contributed by atoms with E-state index in [4.69, 9.17) is 0 Å². The minimum atomic E-state index is -0.302. The molecule has 3 atom stereocenters. The van der Waals surface area contributed by atoms with Gasteiger partial charge < -0.3 is 5.32 Å². The fourth-order valence-corrected chi connectivity index (χ4v) is 2.63. The molecule has 1 saturated heterocycles. The topological polar surface area (TPSA) is 29.1 Å². The number of benzene rings is 1. The van der Waals surface area contributed by atoms with Gasteiger partial charge in [0.15, 0.2) is 5.78 Å². The maximum Gasteiger partial charge on any atom is 0.167 e. The van der Waals surface area contributed by atoms with E-state index in [0.717, 1.165) is 6.42 Å². The van der Waals surface area contributed by atoms with Crippen LogP contribution < -0.4 is 5.32 Å². The van der Waals surface area contributed by atoms with Gasteiger partial charge in [-0.05, 0) is 44.0 Å². The van der Waals surface area contributed by atoms with E-state index < -0.39 is 0 Å². The van der Waals surface area contributed by atoms with E-state index in [0.29, 0.717) is 11.6 Å². The van der Waals surface area contributed by atoms with Crippen LogP contribution in [0.2, 0.25) is 0 Å². The van der Waals surface area contributed by atoms with Crippen LogP contribution in [0, 0.1) is 11.7 Å². The second-order valence-electron chi connectivity index (χ2n) is 5.26. The summed E-state index contributed by atoms with van der Waals surface area (Å²) in [4.78, 5) is 12.3. The molecule has 1 N–H and O–H groups in total. The summed E-state index contributed by atoms with van der Waals surface area (Å²) in [7, 11) is 0. The molecule has 0 aliphatic carbocycles. The van der Waals surface area contributed by atoms with Crippen molar-refractivity contribution in [3.05, 3.63) is 35.6 Å². The van der Waals surface area contributed by atoms with Gasteiger partial charge in [0.2, 0.25) is 0 Å². The molecule has 3 heteroatoms. The zero-order chi connectivity index (χ0) is 13.1. The summed E-state index contributed by atoms with van der Waals surface area (Å²) in [6.45, 7) is 4.11. The molecule has 18 heavy (non-hydrogen) atoms. The average Bonchev–Trinajstić information content (AvgIpc) is 2.38. The number of rotatable bonds is 3. The Morgan fingerprint density at radius 3 is 2.61 bits per heavy atom. The van der Waals surface area contributed by atoms with Crippen LogP contribution in [0.15, 0.2) is 24.3 Å². The van der Waals surface area contributed by atoms with Crippen molar-refractivity contribution in [2.45, 2.75) is 45.2 Å². The first-order valence-corrected chi connectivity index (χ1v) is 6.64. The van der Waals surface area contributed by atoms with E-state index in [9.17, 15) is 9.18 Å². The van der Waals surface area contributed by atoms with Gasteiger partial charge in [-0.2, -0.15) is 0 Å². The van der Waals surface area contributed by atoms with E-state index in [-0.39, 0.29) is 23.6 Å². The van der Waals surface area contributed by atoms with Crippen molar-refractivity contribution in [3.8, 4) is 0 Å². The normalized spacial score (nSPS) is 25.7. The van der Waals surface area contributed by atoms with E-state index in [1.165, 1.54) is 25.0 Å². The lowest BCUT2D eigenvalue weighted by molar-refractivity contribution is 0.0884. The number of ketones is 1. The van der Waals surface area contributed by atoms with E-state index in [2.05, 4.69) is 12.2 Å². The molecule has 2 rings (SSSR count). The molecule has 0 aromatic heterocycles. The van der Waals surface area contributed by atoms with Gasteiger partial charge in [0.1, 0.15) is 5.82 Å². The number of nitrogens with one attached hydrogen (secondary N) is 1. The van der Waals surface area contributed by atoms with Crippen molar-refractivity contribution in [1.82, 2.24) is 5.32 Å². The molecule has 98 valence electrons.